The number of amides is 7. The molecule has 0 unspecified atom stereocenters. The number of H-pyrrole nitrogens is 1. The Morgan fingerprint density at radius 3 is 2.40 bits per heavy atom. The number of fused-ring (bicyclic) bond motifs is 1. The summed E-state index contributed by atoms with van der Waals surface area (Å²) in [5.41, 5.74) is 12.1. The van der Waals surface area contributed by atoms with E-state index in [1.807, 2.05) is 24.3 Å². The molecule has 1 saturated heterocycles. The molecule has 0 bridgehead atoms. The fourth-order valence-corrected chi connectivity index (χ4v) is 5.50. The quantitative estimate of drug-likeness (QED) is 0.101. The number of aliphatic carboxylic acids is 1. The SMILES string of the molecule is NC(=O)NCCC[C@H](NC(=O)[C@H](Cc1c[nH]c2ccccc12)NC(=O)[C@@H]1CCCCN1C(=O)[C@H](CCC(=O)O)NC(=O)CF)C(N)=O. The van der Waals surface area contributed by atoms with Crippen molar-refractivity contribution in [3.63, 3.8) is 0 Å². The number of benzene rings is 1. The number of hydrogen-bond acceptors (Lipinski definition) is 7. The summed E-state index contributed by atoms with van der Waals surface area (Å²) in [5, 5.41) is 19.8. The van der Waals surface area contributed by atoms with Crippen molar-refractivity contribution in [2.75, 3.05) is 19.8 Å². The molecule has 4 atom stereocenters. The number of carbonyl (C=O) groups excluding carboxylic acids is 6. The third-order valence-electron chi connectivity index (χ3n) is 7.85. The smallest absolute Gasteiger partial charge is 0.312 e. The number of aromatic nitrogens is 1. The maximum absolute atomic E-state index is 13.8. The third kappa shape index (κ3) is 10.7. The Labute approximate surface area is 269 Å². The molecule has 47 heavy (non-hydrogen) atoms. The number of hydrogen-bond donors (Lipinski definition) is 8. The summed E-state index contributed by atoms with van der Waals surface area (Å²) >= 11 is 0. The molecule has 1 aromatic carbocycles. The number of halogens is 1. The van der Waals surface area contributed by atoms with Gasteiger partial charge >= 0.3 is 12.0 Å². The second-order valence-electron chi connectivity index (χ2n) is 11.3. The number of rotatable bonds is 17. The van der Waals surface area contributed by atoms with Crippen LogP contribution in [0.25, 0.3) is 10.9 Å². The Morgan fingerprint density at radius 1 is 0.979 bits per heavy atom. The van der Waals surface area contributed by atoms with Gasteiger partial charge in [0.15, 0.2) is 6.67 Å². The van der Waals surface area contributed by atoms with E-state index in [1.54, 1.807) is 6.20 Å². The van der Waals surface area contributed by atoms with E-state index in [0.717, 1.165) is 10.9 Å². The molecule has 16 nitrogen and oxygen atoms in total. The minimum absolute atomic E-state index is 0.00917. The van der Waals surface area contributed by atoms with Crippen LogP contribution in [0.15, 0.2) is 30.5 Å². The summed E-state index contributed by atoms with van der Waals surface area (Å²) in [7, 11) is 0. The van der Waals surface area contributed by atoms with Gasteiger partial charge in [0.1, 0.15) is 24.2 Å². The van der Waals surface area contributed by atoms with Gasteiger partial charge in [-0.05, 0) is 50.2 Å². The first kappa shape index (κ1) is 36.3. The van der Waals surface area contributed by atoms with Gasteiger partial charge in [0.05, 0.1) is 0 Å². The predicted octanol–water partition coefficient (Wildman–Crippen LogP) is -0.686. The summed E-state index contributed by atoms with van der Waals surface area (Å²) in [6.07, 6.45) is 2.49. The molecule has 2 aromatic rings. The molecule has 0 spiro atoms. The van der Waals surface area contributed by atoms with Gasteiger partial charge in [-0.1, -0.05) is 18.2 Å². The van der Waals surface area contributed by atoms with Crippen molar-refractivity contribution in [2.24, 2.45) is 11.5 Å². The summed E-state index contributed by atoms with van der Waals surface area (Å²) in [6.45, 7) is -1.18. The van der Waals surface area contributed by atoms with E-state index >= 15 is 0 Å². The van der Waals surface area contributed by atoms with Crippen LogP contribution in [0.1, 0.15) is 50.5 Å². The largest absolute Gasteiger partial charge is 0.481 e. The molecule has 10 N–H and O–H groups in total. The standard InChI is InChI=1S/C30H41FN8O8/c31-15-24(40)36-21(10-11-25(41)42)29(46)39-13-4-3-9-23(39)28(45)38-22(14-17-16-35-19-7-2-1-6-18(17)19)27(44)37-20(26(32)43)8-5-12-34-30(33)47/h1-2,6-7,16,20-23,35H,3-5,8-15H2,(H2,32,43)(H,36,40)(H,37,44)(H,38,45)(H,41,42)(H3,33,34,47)/t20-,21-,22-,23-/m0/s1. The molecular weight excluding hydrogens is 619 g/mol. The van der Waals surface area contributed by atoms with Gasteiger partial charge in [0.25, 0.3) is 5.91 Å². The number of nitrogens with zero attached hydrogens (tertiary/aromatic N) is 1. The van der Waals surface area contributed by atoms with Crippen LogP contribution in [-0.2, 0) is 35.2 Å². The molecule has 17 heteroatoms. The predicted molar refractivity (Wildman–Crippen MR) is 166 cm³/mol. The van der Waals surface area contributed by atoms with Crippen molar-refractivity contribution in [3.8, 4) is 0 Å². The Balaban J connectivity index is 1.85. The van der Waals surface area contributed by atoms with E-state index in [4.69, 9.17) is 16.6 Å². The lowest BCUT2D eigenvalue weighted by Crippen LogP contribution is -2.60. The van der Waals surface area contributed by atoms with Crippen molar-refractivity contribution in [3.05, 3.63) is 36.0 Å². The Morgan fingerprint density at radius 2 is 1.72 bits per heavy atom. The van der Waals surface area contributed by atoms with Crippen molar-refractivity contribution in [1.82, 2.24) is 31.2 Å². The summed E-state index contributed by atoms with van der Waals surface area (Å²) in [5.74, 6) is -5.32. The number of alkyl halides is 1. The summed E-state index contributed by atoms with van der Waals surface area (Å²) in [4.78, 5) is 91.4. The monoisotopic (exact) mass is 660 g/mol. The number of carboxylic acid groups (broad SMARTS) is 1. The summed E-state index contributed by atoms with van der Waals surface area (Å²) in [6, 6.07) is 1.72. The van der Waals surface area contributed by atoms with Crippen LogP contribution >= 0.6 is 0 Å². The number of aromatic amines is 1. The van der Waals surface area contributed by atoms with Gasteiger partial charge in [-0.2, -0.15) is 0 Å². The van der Waals surface area contributed by atoms with Crippen LogP contribution in [0.2, 0.25) is 0 Å². The van der Waals surface area contributed by atoms with Gasteiger partial charge < -0.3 is 47.7 Å². The highest BCUT2D eigenvalue weighted by Gasteiger charge is 2.38. The molecular formula is C30H41FN8O8. The first-order chi connectivity index (χ1) is 22.4. The van der Waals surface area contributed by atoms with Gasteiger partial charge in [-0.25, -0.2) is 9.18 Å². The highest BCUT2D eigenvalue weighted by atomic mass is 19.1. The van der Waals surface area contributed by atoms with E-state index in [9.17, 15) is 38.0 Å². The lowest BCUT2D eigenvalue weighted by Gasteiger charge is -2.37. The molecule has 0 radical (unpaired) electrons. The fraction of sp³-hybridized carbons (Fsp3) is 0.500. The number of likely N-dealkylation sites (tertiary alicyclic amines) is 1. The van der Waals surface area contributed by atoms with Gasteiger partial charge in [0, 0.05) is 43.0 Å². The highest BCUT2D eigenvalue weighted by molar-refractivity contribution is 5.96. The van der Waals surface area contributed by atoms with E-state index in [-0.39, 0.29) is 45.2 Å². The minimum Gasteiger partial charge on any atom is -0.481 e. The molecule has 256 valence electrons. The minimum atomic E-state index is -1.42. The van der Waals surface area contributed by atoms with Crippen molar-refractivity contribution in [1.29, 1.82) is 0 Å². The zero-order valence-corrected chi connectivity index (χ0v) is 25.8. The topological polar surface area (TPSA) is 259 Å². The number of nitrogens with two attached hydrogens (primary N) is 2. The highest BCUT2D eigenvalue weighted by Crippen LogP contribution is 2.22. The van der Waals surface area contributed by atoms with Gasteiger partial charge in [-0.3, -0.25) is 28.8 Å². The molecule has 1 fully saturated rings. The molecule has 1 aliphatic rings. The number of nitrogens with one attached hydrogen (secondary N) is 5. The maximum atomic E-state index is 13.8. The van der Waals surface area contributed by atoms with Crippen LogP contribution in [0.4, 0.5) is 9.18 Å². The van der Waals surface area contributed by atoms with Crippen molar-refractivity contribution >= 4 is 52.4 Å². The molecule has 0 aliphatic carbocycles. The van der Waals surface area contributed by atoms with E-state index in [0.29, 0.717) is 18.4 Å². The molecule has 7 amide bonds. The Bertz CT molecular complexity index is 1470. The van der Waals surface area contributed by atoms with E-state index in [2.05, 4.69) is 26.3 Å². The first-order valence-corrected chi connectivity index (χ1v) is 15.3. The Kier molecular flexibility index (Phi) is 13.5. The Hall–Kier alpha value is -5.22. The average molecular weight is 661 g/mol. The first-order valence-electron chi connectivity index (χ1n) is 15.3. The molecule has 2 heterocycles. The molecule has 1 aromatic heterocycles. The van der Waals surface area contributed by atoms with Crippen LogP contribution in [-0.4, -0.2) is 100 Å². The maximum Gasteiger partial charge on any atom is 0.312 e. The number of primary amides is 2. The van der Waals surface area contributed by atoms with Crippen molar-refractivity contribution < 1.29 is 43.1 Å². The summed E-state index contributed by atoms with van der Waals surface area (Å²) < 4.78 is 13.0. The zero-order chi connectivity index (χ0) is 34.5. The number of para-hydroxylation sites is 1. The van der Waals surface area contributed by atoms with Crippen LogP contribution in [0.3, 0.4) is 0 Å². The van der Waals surface area contributed by atoms with Crippen LogP contribution < -0.4 is 32.7 Å². The van der Waals surface area contributed by atoms with Crippen LogP contribution in [0.5, 0.6) is 0 Å². The second-order valence-corrected chi connectivity index (χ2v) is 11.3. The third-order valence-corrected chi connectivity index (χ3v) is 7.85. The number of piperidine rings is 1. The van der Waals surface area contributed by atoms with Gasteiger partial charge in [0.2, 0.25) is 23.6 Å². The zero-order valence-electron chi connectivity index (χ0n) is 25.8. The number of carboxylic acids is 1. The van der Waals surface area contributed by atoms with Crippen molar-refractivity contribution in [2.45, 2.75) is 75.5 Å². The van der Waals surface area contributed by atoms with E-state index in [1.165, 1.54) is 4.90 Å². The van der Waals surface area contributed by atoms with E-state index < -0.39 is 78.8 Å². The lowest BCUT2D eigenvalue weighted by molar-refractivity contribution is -0.146. The average Bonchev–Trinajstić information content (AvgIpc) is 3.45. The molecule has 0 saturated carbocycles. The molecule has 1 aliphatic heterocycles. The van der Waals surface area contributed by atoms with Crippen LogP contribution in [0, 0.1) is 0 Å². The number of carbonyl (C=O) groups is 7. The molecule has 3 rings (SSSR count). The second kappa shape index (κ2) is 17.5. The van der Waals surface area contributed by atoms with Gasteiger partial charge in [-0.15, -0.1) is 0 Å². The normalized spacial score (nSPS) is 16.4. The fourth-order valence-electron chi connectivity index (χ4n) is 5.50. The number of urea groups is 1. The lowest BCUT2D eigenvalue weighted by atomic mass is 9.97.